The van der Waals surface area contributed by atoms with Crippen molar-refractivity contribution in [2.24, 2.45) is 0 Å². The van der Waals surface area contributed by atoms with Gasteiger partial charge in [-0.15, -0.1) is 0 Å². The van der Waals surface area contributed by atoms with Crippen LogP contribution in [0.5, 0.6) is 0 Å². The lowest BCUT2D eigenvalue weighted by molar-refractivity contribution is 0.646. The molecule has 0 aliphatic rings. The van der Waals surface area contributed by atoms with Crippen molar-refractivity contribution in [3.05, 3.63) is 35.4 Å². The Bertz CT molecular complexity index is 461. The second-order valence-corrected chi connectivity index (χ2v) is 11.4. The maximum atomic E-state index is 12.3. The van der Waals surface area contributed by atoms with Gasteiger partial charge in [0.25, 0.3) is 0 Å². The van der Waals surface area contributed by atoms with Gasteiger partial charge in [0, 0.05) is 42.6 Å². The molecular formula is C16H26O2S2. The van der Waals surface area contributed by atoms with Crippen molar-refractivity contribution in [2.75, 3.05) is 0 Å². The van der Waals surface area contributed by atoms with Crippen LogP contribution in [-0.2, 0) is 33.1 Å². The van der Waals surface area contributed by atoms with Gasteiger partial charge in [-0.3, -0.25) is 8.42 Å². The molecule has 114 valence electrons. The van der Waals surface area contributed by atoms with Crippen molar-refractivity contribution in [3.8, 4) is 0 Å². The van der Waals surface area contributed by atoms with Crippen LogP contribution in [0.4, 0.5) is 0 Å². The highest BCUT2D eigenvalue weighted by molar-refractivity contribution is 7.86. The van der Waals surface area contributed by atoms with E-state index in [1.807, 2.05) is 65.8 Å². The molecule has 0 aliphatic carbocycles. The second kappa shape index (κ2) is 6.52. The molecule has 0 unspecified atom stereocenters. The third-order valence-electron chi connectivity index (χ3n) is 3.06. The van der Waals surface area contributed by atoms with E-state index in [4.69, 9.17) is 0 Å². The first-order valence-electron chi connectivity index (χ1n) is 6.85. The van der Waals surface area contributed by atoms with Crippen LogP contribution >= 0.6 is 0 Å². The van der Waals surface area contributed by atoms with Gasteiger partial charge in [-0.05, 0) is 52.7 Å². The van der Waals surface area contributed by atoms with Gasteiger partial charge in [0.05, 0.1) is 0 Å². The molecule has 0 saturated heterocycles. The largest absolute Gasteiger partial charge is 0.259 e. The third kappa shape index (κ3) is 5.13. The standard InChI is InChI=1S/C16H26O2S2/c1-15(2,3)19(17)11-13-9-7-8-10-14(13)12-20(18)16(4,5)6/h7-10H,11-12H2,1-6H3/t19-,20-/m0/s1. The molecule has 1 aromatic carbocycles. The zero-order valence-electron chi connectivity index (χ0n) is 13.4. The van der Waals surface area contributed by atoms with Gasteiger partial charge in [0.1, 0.15) is 0 Å². The molecule has 0 aliphatic heterocycles. The lowest BCUT2D eigenvalue weighted by Gasteiger charge is -2.21. The van der Waals surface area contributed by atoms with Crippen molar-refractivity contribution in [1.82, 2.24) is 0 Å². The molecule has 2 atom stereocenters. The first-order chi connectivity index (χ1) is 9.01. The van der Waals surface area contributed by atoms with Crippen LogP contribution in [-0.4, -0.2) is 17.9 Å². The molecule has 0 aromatic heterocycles. The molecule has 0 fully saturated rings. The van der Waals surface area contributed by atoms with E-state index in [1.165, 1.54) is 0 Å². The van der Waals surface area contributed by atoms with Crippen LogP contribution in [0.15, 0.2) is 24.3 Å². The van der Waals surface area contributed by atoms with E-state index in [2.05, 4.69) is 0 Å². The first kappa shape index (κ1) is 17.6. The van der Waals surface area contributed by atoms with E-state index >= 15 is 0 Å². The van der Waals surface area contributed by atoms with Crippen LogP contribution in [0.25, 0.3) is 0 Å². The van der Waals surface area contributed by atoms with E-state index < -0.39 is 21.6 Å². The predicted molar refractivity (Wildman–Crippen MR) is 89.6 cm³/mol. The summed E-state index contributed by atoms with van der Waals surface area (Å²) in [5, 5.41) is 0. The van der Waals surface area contributed by atoms with E-state index in [0.717, 1.165) is 11.1 Å². The summed E-state index contributed by atoms with van der Waals surface area (Å²) in [5.41, 5.74) is 2.11. The Morgan fingerprint density at radius 1 is 0.750 bits per heavy atom. The predicted octanol–water partition coefficient (Wildman–Crippen LogP) is 3.78. The Labute approximate surface area is 128 Å². The van der Waals surface area contributed by atoms with E-state index in [9.17, 15) is 8.42 Å². The Morgan fingerprint density at radius 3 is 1.30 bits per heavy atom. The van der Waals surface area contributed by atoms with E-state index in [0.29, 0.717) is 11.5 Å². The van der Waals surface area contributed by atoms with Crippen molar-refractivity contribution in [1.29, 1.82) is 0 Å². The second-order valence-electron chi connectivity index (χ2n) is 6.97. The lowest BCUT2D eigenvalue weighted by atomic mass is 10.1. The monoisotopic (exact) mass is 314 g/mol. The van der Waals surface area contributed by atoms with Crippen molar-refractivity contribution in [2.45, 2.75) is 62.5 Å². The quantitative estimate of drug-likeness (QED) is 0.847. The van der Waals surface area contributed by atoms with Gasteiger partial charge < -0.3 is 0 Å². The number of hydrogen-bond donors (Lipinski definition) is 0. The van der Waals surface area contributed by atoms with Crippen LogP contribution < -0.4 is 0 Å². The molecule has 0 spiro atoms. The smallest absolute Gasteiger partial charge is 0.0494 e. The topological polar surface area (TPSA) is 34.1 Å². The molecule has 1 aromatic rings. The van der Waals surface area contributed by atoms with Gasteiger partial charge in [-0.25, -0.2) is 0 Å². The number of rotatable bonds is 4. The molecule has 0 bridgehead atoms. The van der Waals surface area contributed by atoms with Gasteiger partial charge >= 0.3 is 0 Å². The van der Waals surface area contributed by atoms with Crippen LogP contribution in [0.3, 0.4) is 0 Å². The summed E-state index contributed by atoms with van der Waals surface area (Å²) < 4.78 is 24.2. The Kier molecular flexibility index (Phi) is 5.73. The highest BCUT2D eigenvalue weighted by Gasteiger charge is 2.23. The molecule has 0 amide bonds. The minimum atomic E-state index is -0.934. The SMILES string of the molecule is CC(C)(C)[S@@](=O)Cc1ccccc1C[S@](=O)C(C)(C)C. The fraction of sp³-hybridized carbons (Fsp3) is 0.625. The maximum absolute atomic E-state index is 12.3. The Hall–Kier alpha value is -0.480. The third-order valence-corrected chi connectivity index (χ3v) is 6.94. The normalized spacial score (nSPS) is 15.9. The fourth-order valence-electron chi connectivity index (χ4n) is 1.55. The summed E-state index contributed by atoms with van der Waals surface area (Å²) in [5.74, 6) is 1.06. The highest BCUT2D eigenvalue weighted by Crippen LogP contribution is 2.22. The molecule has 1 rings (SSSR count). The number of hydrogen-bond acceptors (Lipinski definition) is 2. The summed E-state index contributed by atoms with van der Waals surface area (Å²) >= 11 is 0. The minimum absolute atomic E-state index is 0.226. The van der Waals surface area contributed by atoms with Crippen molar-refractivity contribution >= 4 is 21.6 Å². The molecule has 0 heterocycles. The summed E-state index contributed by atoms with van der Waals surface area (Å²) in [6.45, 7) is 11.9. The Morgan fingerprint density at radius 2 is 1.05 bits per heavy atom. The zero-order chi connectivity index (χ0) is 15.6. The summed E-state index contributed by atoms with van der Waals surface area (Å²) in [7, 11) is -1.87. The molecule has 2 nitrogen and oxygen atoms in total. The summed E-state index contributed by atoms with van der Waals surface area (Å²) in [6, 6.07) is 7.91. The zero-order valence-corrected chi connectivity index (χ0v) is 15.0. The highest BCUT2D eigenvalue weighted by atomic mass is 32.2. The van der Waals surface area contributed by atoms with Crippen molar-refractivity contribution in [3.63, 3.8) is 0 Å². The van der Waals surface area contributed by atoms with Gasteiger partial charge in [0.15, 0.2) is 0 Å². The molecule has 20 heavy (non-hydrogen) atoms. The summed E-state index contributed by atoms with van der Waals surface area (Å²) in [6.07, 6.45) is 0. The van der Waals surface area contributed by atoms with Gasteiger partial charge in [0.2, 0.25) is 0 Å². The van der Waals surface area contributed by atoms with E-state index in [-0.39, 0.29) is 9.49 Å². The van der Waals surface area contributed by atoms with Crippen LogP contribution in [0, 0.1) is 0 Å². The minimum Gasteiger partial charge on any atom is -0.259 e. The fourth-order valence-corrected chi connectivity index (χ4v) is 3.55. The first-order valence-corrected chi connectivity index (χ1v) is 9.49. The molecule has 0 radical (unpaired) electrons. The molecule has 0 N–H and O–H groups in total. The Balaban J connectivity index is 2.95. The van der Waals surface area contributed by atoms with E-state index in [1.54, 1.807) is 0 Å². The van der Waals surface area contributed by atoms with Gasteiger partial charge in [-0.2, -0.15) is 0 Å². The summed E-state index contributed by atoms with van der Waals surface area (Å²) in [4.78, 5) is 0. The average molecular weight is 315 g/mol. The molecule has 0 saturated carbocycles. The maximum Gasteiger partial charge on any atom is 0.0494 e. The number of benzene rings is 1. The molecule has 4 heteroatoms. The average Bonchev–Trinajstić information content (AvgIpc) is 2.29. The molecular weight excluding hydrogens is 288 g/mol. The van der Waals surface area contributed by atoms with Crippen LogP contribution in [0.1, 0.15) is 52.7 Å². The lowest BCUT2D eigenvalue weighted by Crippen LogP contribution is -2.25. The van der Waals surface area contributed by atoms with Crippen LogP contribution in [0.2, 0.25) is 0 Å². The van der Waals surface area contributed by atoms with Gasteiger partial charge in [-0.1, -0.05) is 24.3 Å². The van der Waals surface area contributed by atoms with Crippen molar-refractivity contribution < 1.29 is 8.42 Å².